The third-order valence-corrected chi connectivity index (χ3v) is 4.85. The van der Waals surface area contributed by atoms with Gasteiger partial charge in [-0.15, -0.1) is 0 Å². The molecule has 1 saturated heterocycles. The Morgan fingerprint density at radius 2 is 1.71 bits per heavy atom. The molecule has 0 aromatic heterocycles. The fourth-order valence-electron chi connectivity index (χ4n) is 3.40. The summed E-state index contributed by atoms with van der Waals surface area (Å²) < 4.78 is 11.1. The minimum Gasteiger partial charge on any atom is -0.495 e. The molecular weight excluding hydrogens is 358 g/mol. The summed E-state index contributed by atoms with van der Waals surface area (Å²) in [5, 5.41) is 10.3. The van der Waals surface area contributed by atoms with E-state index in [1.54, 1.807) is 31.4 Å². The summed E-state index contributed by atoms with van der Waals surface area (Å²) in [6.07, 6.45) is -0.654. The molecular formula is C21H27N3O4. The van der Waals surface area contributed by atoms with Crippen LogP contribution in [0.15, 0.2) is 48.5 Å². The van der Waals surface area contributed by atoms with Gasteiger partial charge in [0.2, 0.25) is 0 Å². The van der Waals surface area contributed by atoms with E-state index in [-0.39, 0.29) is 6.61 Å². The number of carbonyl (C=O) groups is 1. The predicted molar refractivity (Wildman–Crippen MR) is 108 cm³/mol. The van der Waals surface area contributed by atoms with Crippen LogP contribution in [0.1, 0.15) is 10.4 Å². The largest absolute Gasteiger partial charge is 0.495 e. The van der Waals surface area contributed by atoms with E-state index in [2.05, 4.69) is 15.9 Å². The number of anilines is 1. The van der Waals surface area contributed by atoms with Crippen molar-refractivity contribution in [2.24, 2.45) is 5.73 Å². The summed E-state index contributed by atoms with van der Waals surface area (Å²) in [5.41, 5.74) is 6.76. The van der Waals surface area contributed by atoms with Crippen LogP contribution in [0.5, 0.6) is 11.5 Å². The van der Waals surface area contributed by atoms with Crippen molar-refractivity contribution in [2.75, 3.05) is 51.3 Å². The third kappa shape index (κ3) is 4.94. The van der Waals surface area contributed by atoms with E-state index >= 15 is 0 Å². The first-order valence-electron chi connectivity index (χ1n) is 9.38. The van der Waals surface area contributed by atoms with Gasteiger partial charge in [0.05, 0.1) is 18.4 Å². The smallest absolute Gasteiger partial charge is 0.252 e. The van der Waals surface area contributed by atoms with Gasteiger partial charge in [-0.05, 0) is 24.3 Å². The van der Waals surface area contributed by atoms with Crippen molar-refractivity contribution in [3.63, 3.8) is 0 Å². The zero-order chi connectivity index (χ0) is 19.9. The number of rotatable bonds is 8. The van der Waals surface area contributed by atoms with Crippen molar-refractivity contribution in [2.45, 2.75) is 6.10 Å². The van der Waals surface area contributed by atoms with E-state index in [1.807, 2.05) is 18.2 Å². The quantitative estimate of drug-likeness (QED) is 0.713. The van der Waals surface area contributed by atoms with Gasteiger partial charge in [-0.1, -0.05) is 24.3 Å². The van der Waals surface area contributed by atoms with Crippen LogP contribution in [0.4, 0.5) is 5.69 Å². The molecule has 28 heavy (non-hydrogen) atoms. The van der Waals surface area contributed by atoms with Crippen molar-refractivity contribution in [1.29, 1.82) is 0 Å². The molecule has 0 radical (unpaired) electrons. The maximum atomic E-state index is 11.4. The van der Waals surface area contributed by atoms with Crippen molar-refractivity contribution in [3.05, 3.63) is 54.1 Å². The van der Waals surface area contributed by atoms with Crippen LogP contribution >= 0.6 is 0 Å². The molecule has 1 unspecified atom stereocenters. The minimum absolute atomic E-state index is 0.108. The Morgan fingerprint density at radius 1 is 1.07 bits per heavy atom. The first-order valence-corrected chi connectivity index (χ1v) is 9.38. The molecule has 3 rings (SSSR count). The number of aliphatic hydroxyl groups is 1. The normalized spacial score (nSPS) is 15.9. The lowest BCUT2D eigenvalue weighted by molar-refractivity contribution is 0.0655. The fraction of sp³-hybridized carbons (Fsp3) is 0.381. The van der Waals surface area contributed by atoms with Gasteiger partial charge in [0, 0.05) is 32.7 Å². The number of aliphatic hydroxyl groups excluding tert-OH is 1. The van der Waals surface area contributed by atoms with Gasteiger partial charge in [-0.2, -0.15) is 0 Å². The Hall–Kier alpha value is -2.77. The second-order valence-electron chi connectivity index (χ2n) is 6.78. The van der Waals surface area contributed by atoms with Gasteiger partial charge in [0.25, 0.3) is 5.91 Å². The lowest BCUT2D eigenvalue weighted by atomic mass is 10.2. The number of para-hydroxylation sites is 3. The highest BCUT2D eigenvalue weighted by Crippen LogP contribution is 2.28. The highest BCUT2D eigenvalue weighted by molar-refractivity contribution is 5.95. The number of hydrogen-bond acceptors (Lipinski definition) is 6. The summed E-state index contributed by atoms with van der Waals surface area (Å²) >= 11 is 0. The van der Waals surface area contributed by atoms with Gasteiger partial charge in [-0.25, -0.2) is 0 Å². The Kier molecular flexibility index (Phi) is 6.73. The lowest BCUT2D eigenvalue weighted by Gasteiger charge is -2.37. The van der Waals surface area contributed by atoms with Gasteiger partial charge in [0.1, 0.15) is 24.2 Å². The monoisotopic (exact) mass is 385 g/mol. The minimum atomic E-state index is -0.654. The SMILES string of the molecule is COc1ccccc1N1CCN(CC(O)COc2ccccc2C(N)=O)CC1. The molecule has 1 aliphatic rings. The first kappa shape index (κ1) is 20.0. The fourth-order valence-corrected chi connectivity index (χ4v) is 3.40. The molecule has 0 saturated carbocycles. The van der Waals surface area contributed by atoms with Gasteiger partial charge in [-0.3, -0.25) is 9.69 Å². The molecule has 0 aliphatic carbocycles. The Morgan fingerprint density at radius 3 is 2.39 bits per heavy atom. The number of methoxy groups -OCH3 is 1. The topological polar surface area (TPSA) is 88.3 Å². The Labute approximate surface area is 165 Å². The number of hydrogen-bond donors (Lipinski definition) is 2. The molecule has 2 aromatic rings. The average Bonchev–Trinajstić information content (AvgIpc) is 2.73. The summed E-state index contributed by atoms with van der Waals surface area (Å²) in [6, 6.07) is 14.8. The van der Waals surface area contributed by atoms with Gasteiger partial charge in [0.15, 0.2) is 0 Å². The van der Waals surface area contributed by atoms with E-state index in [4.69, 9.17) is 15.2 Å². The number of nitrogens with two attached hydrogens (primary N) is 1. The third-order valence-electron chi connectivity index (χ3n) is 4.85. The molecule has 7 nitrogen and oxygen atoms in total. The van der Waals surface area contributed by atoms with Crippen LogP contribution in [-0.4, -0.2) is 68.5 Å². The van der Waals surface area contributed by atoms with Crippen LogP contribution in [0, 0.1) is 0 Å². The number of β-amino-alcohol motifs (C(OH)–C–C–N with tert-alkyl or cyclic N) is 1. The van der Waals surface area contributed by atoms with Crippen LogP contribution in [0.2, 0.25) is 0 Å². The Balaban J connectivity index is 1.48. The number of carbonyl (C=O) groups excluding carboxylic acids is 1. The first-order chi connectivity index (χ1) is 13.6. The van der Waals surface area contributed by atoms with Crippen molar-refractivity contribution < 1.29 is 19.4 Å². The molecule has 1 atom stereocenters. The molecule has 0 spiro atoms. The molecule has 3 N–H and O–H groups in total. The van der Waals surface area contributed by atoms with Crippen LogP contribution in [-0.2, 0) is 0 Å². The van der Waals surface area contributed by atoms with Crippen molar-refractivity contribution in [3.8, 4) is 11.5 Å². The maximum absolute atomic E-state index is 11.4. The van der Waals surface area contributed by atoms with Crippen molar-refractivity contribution in [1.82, 2.24) is 4.90 Å². The Bertz CT molecular complexity index is 791. The zero-order valence-corrected chi connectivity index (χ0v) is 16.1. The number of nitrogens with zero attached hydrogens (tertiary/aromatic N) is 2. The van der Waals surface area contributed by atoms with E-state index < -0.39 is 12.0 Å². The summed E-state index contributed by atoms with van der Waals surface area (Å²) in [7, 11) is 1.68. The number of ether oxygens (including phenoxy) is 2. The average molecular weight is 385 g/mol. The lowest BCUT2D eigenvalue weighted by Crippen LogP contribution is -2.49. The van der Waals surface area contributed by atoms with E-state index in [0.717, 1.165) is 37.6 Å². The van der Waals surface area contributed by atoms with Gasteiger partial charge < -0.3 is 25.2 Å². The second-order valence-corrected chi connectivity index (χ2v) is 6.78. The number of primary amides is 1. The highest BCUT2D eigenvalue weighted by Gasteiger charge is 2.21. The van der Waals surface area contributed by atoms with Crippen LogP contribution in [0.3, 0.4) is 0 Å². The molecule has 0 bridgehead atoms. The predicted octanol–water partition coefficient (Wildman–Crippen LogP) is 1.36. The number of benzene rings is 2. The van der Waals surface area contributed by atoms with Crippen LogP contribution in [0.25, 0.3) is 0 Å². The highest BCUT2D eigenvalue weighted by atomic mass is 16.5. The summed E-state index contributed by atoms with van der Waals surface area (Å²) in [5.74, 6) is 0.727. The second kappa shape index (κ2) is 9.43. The maximum Gasteiger partial charge on any atom is 0.252 e. The van der Waals surface area contributed by atoms with E-state index in [0.29, 0.717) is 17.9 Å². The molecule has 150 valence electrons. The van der Waals surface area contributed by atoms with E-state index in [9.17, 15) is 9.90 Å². The van der Waals surface area contributed by atoms with E-state index in [1.165, 1.54) is 0 Å². The molecule has 1 heterocycles. The standard InChI is InChI=1S/C21H27N3O4/c1-27-20-9-5-3-7-18(20)24-12-10-23(11-13-24)14-16(25)15-28-19-8-4-2-6-17(19)21(22)26/h2-9,16,25H,10-15H2,1H3,(H2,22,26). The molecule has 1 aliphatic heterocycles. The summed E-state index contributed by atoms with van der Waals surface area (Å²) in [4.78, 5) is 15.9. The summed E-state index contributed by atoms with van der Waals surface area (Å²) in [6.45, 7) is 4.02. The molecule has 1 amide bonds. The van der Waals surface area contributed by atoms with Crippen molar-refractivity contribution >= 4 is 11.6 Å². The molecule has 7 heteroatoms. The number of amides is 1. The zero-order valence-electron chi connectivity index (χ0n) is 16.1. The number of piperazine rings is 1. The molecule has 1 fully saturated rings. The molecule has 2 aromatic carbocycles. The van der Waals surface area contributed by atoms with Gasteiger partial charge >= 0.3 is 0 Å². The van der Waals surface area contributed by atoms with Crippen LogP contribution < -0.4 is 20.1 Å².